The summed E-state index contributed by atoms with van der Waals surface area (Å²) in [6, 6.07) is 8.66. The number of rotatable bonds is 0. The maximum atomic E-state index is 4.13. The van der Waals surface area contributed by atoms with E-state index in [9.17, 15) is 0 Å². The highest BCUT2D eigenvalue weighted by molar-refractivity contribution is 5.58. The monoisotopic (exact) mass is 154 g/mol. The van der Waals surface area contributed by atoms with Crippen molar-refractivity contribution in [2.24, 2.45) is 0 Å². The van der Waals surface area contributed by atoms with Gasteiger partial charge in [0, 0.05) is 11.8 Å². The van der Waals surface area contributed by atoms with E-state index in [2.05, 4.69) is 43.0 Å². The molecule has 3 rings (SSSR count). The molecule has 2 unspecified atom stereocenters. The van der Waals surface area contributed by atoms with Gasteiger partial charge < -0.3 is 0 Å². The van der Waals surface area contributed by atoms with Crippen LogP contribution in [0.3, 0.4) is 0 Å². The molecule has 0 N–H and O–H groups in total. The largest absolute Gasteiger partial charge is 0.0980 e. The molecule has 1 aromatic rings. The van der Waals surface area contributed by atoms with E-state index < -0.39 is 0 Å². The molecule has 12 heavy (non-hydrogen) atoms. The molecular formula is C12H10. The standard InChI is InChI=1S/C12H10/c1-8-9-6-7-10(8)12-5-3-2-4-11(9)12/h2-7,9-10H,1H2. The van der Waals surface area contributed by atoms with E-state index in [1.807, 2.05) is 0 Å². The Labute approximate surface area is 72.2 Å². The lowest BCUT2D eigenvalue weighted by Gasteiger charge is -2.07. The Balaban J connectivity index is 2.31. The number of hydrogen-bond donors (Lipinski definition) is 0. The van der Waals surface area contributed by atoms with Crippen LogP contribution in [0, 0.1) is 0 Å². The predicted octanol–water partition coefficient (Wildman–Crippen LogP) is 2.99. The normalized spacial score (nSPS) is 29.5. The Hall–Kier alpha value is -1.30. The molecule has 0 aromatic heterocycles. The maximum Gasteiger partial charge on any atom is 0.0238 e. The molecule has 2 aliphatic rings. The van der Waals surface area contributed by atoms with E-state index in [-0.39, 0.29) is 0 Å². The molecule has 0 spiro atoms. The topological polar surface area (TPSA) is 0 Å². The second kappa shape index (κ2) is 1.89. The van der Waals surface area contributed by atoms with Gasteiger partial charge in [0.2, 0.25) is 0 Å². The van der Waals surface area contributed by atoms with Gasteiger partial charge >= 0.3 is 0 Å². The third-order valence-corrected chi connectivity index (χ3v) is 2.96. The third kappa shape index (κ3) is 0.547. The molecule has 0 heterocycles. The van der Waals surface area contributed by atoms with Crippen molar-refractivity contribution in [3.63, 3.8) is 0 Å². The van der Waals surface area contributed by atoms with E-state index >= 15 is 0 Å². The van der Waals surface area contributed by atoms with Crippen LogP contribution in [0.4, 0.5) is 0 Å². The average molecular weight is 154 g/mol. The predicted molar refractivity (Wildman–Crippen MR) is 50.2 cm³/mol. The molecule has 0 aliphatic heterocycles. The lowest BCUT2D eigenvalue weighted by Crippen LogP contribution is -1.90. The number of fused-ring (bicyclic) bond motifs is 5. The Bertz CT molecular complexity index is 350. The summed E-state index contributed by atoms with van der Waals surface area (Å²) >= 11 is 0. The van der Waals surface area contributed by atoms with E-state index in [0.29, 0.717) is 11.8 Å². The minimum atomic E-state index is 0.520. The van der Waals surface area contributed by atoms with Crippen LogP contribution in [-0.4, -0.2) is 0 Å². The van der Waals surface area contributed by atoms with Crippen LogP contribution in [0.2, 0.25) is 0 Å². The molecular weight excluding hydrogens is 144 g/mol. The SMILES string of the molecule is C=C1C2C=CC1c1ccccc12. The van der Waals surface area contributed by atoms with Gasteiger partial charge in [0.15, 0.2) is 0 Å². The van der Waals surface area contributed by atoms with Crippen LogP contribution < -0.4 is 0 Å². The molecule has 0 heteroatoms. The van der Waals surface area contributed by atoms with Gasteiger partial charge in [-0.15, -0.1) is 0 Å². The first-order chi connectivity index (χ1) is 5.88. The van der Waals surface area contributed by atoms with Crippen molar-refractivity contribution < 1.29 is 0 Å². The molecule has 0 amide bonds. The molecule has 0 radical (unpaired) electrons. The third-order valence-electron chi connectivity index (χ3n) is 2.96. The van der Waals surface area contributed by atoms with Gasteiger partial charge in [-0.3, -0.25) is 0 Å². The minimum absolute atomic E-state index is 0.520. The summed E-state index contributed by atoms with van der Waals surface area (Å²) < 4.78 is 0. The van der Waals surface area contributed by atoms with Gasteiger partial charge in [0.05, 0.1) is 0 Å². The van der Waals surface area contributed by atoms with Gasteiger partial charge in [-0.05, 0) is 11.1 Å². The van der Waals surface area contributed by atoms with Gasteiger partial charge in [-0.1, -0.05) is 48.6 Å². The van der Waals surface area contributed by atoms with Crippen molar-refractivity contribution in [1.29, 1.82) is 0 Å². The Morgan fingerprint density at radius 2 is 1.42 bits per heavy atom. The fraction of sp³-hybridized carbons (Fsp3) is 0.167. The summed E-state index contributed by atoms with van der Waals surface area (Å²) in [5.41, 5.74) is 4.29. The van der Waals surface area contributed by atoms with E-state index in [1.165, 1.54) is 16.7 Å². The summed E-state index contributed by atoms with van der Waals surface area (Å²) in [4.78, 5) is 0. The van der Waals surface area contributed by atoms with Crippen molar-refractivity contribution in [3.05, 3.63) is 59.7 Å². The molecule has 1 aromatic carbocycles. The highest BCUT2D eigenvalue weighted by Gasteiger charge is 2.35. The van der Waals surface area contributed by atoms with Crippen molar-refractivity contribution in [2.45, 2.75) is 11.8 Å². The van der Waals surface area contributed by atoms with Crippen molar-refractivity contribution in [2.75, 3.05) is 0 Å². The summed E-state index contributed by atoms with van der Waals surface area (Å²) in [5, 5.41) is 0. The molecule has 0 saturated heterocycles. The molecule has 2 bridgehead atoms. The quantitative estimate of drug-likeness (QED) is 0.504. The highest BCUT2D eigenvalue weighted by Crippen LogP contribution is 2.51. The van der Waals surface area contributed by atoms with Gasteiger partial charge in [0.1, 0.15) is 0 Å². The van der Waals surface area contributed by atoms with Crippen molar-refractivity contribution in [3.8, 4) is 0 Å². The molecule has 0 nitrogen and oxygen atoms in total. The number of allylic oxidation sites excluding steroid dienone is 3. The zero-order chi connectivity index (χ0) is 8.13. The summed E-state index contributed by atoms with van der Waals surface area (Å²) in [7, 11) is 0. The first kappa shape index (κ1) is 6.24. The van der Waals surface area contributed by atoms with Gasteiger partial charge in [-0.25, -0.2) is 0 Å². The van der Waals surface area contributed by atoms with Crippen molar-refractivity contribution >= 4 is 0 Å². The van der Waals surface area contributed by atoms with Crippen molar-refractivity contribution in [1.82, 2.24) is 0 Å². The fourth-order valence-corrected chi connectivity index (χ4v) is 2.35. The Kier molecular flexibility index (Phi) is 0.984. The first-order valence-corrected chi connectivity index (χ1v) is 4.34. The summed E-state index contributed by atoms with van der Waals surface area (Å²) in [6.45, 7) is 4.13. The molecule has 0 saturated carbocycles. The van der Waals surface area contributed by atoms with Crippen LogP contribution in [0.1, 0.15) is 23.0 Å². The van der Waals surface area contributed by atoms with E-state index in [4.69, 9.17) is 0 Å². The highest BCUT2D eigenvalue weighted by atomic mass is 14.4. The van der Waals surface area contributed by atoms with Gasteiger partial charge in [-0.2, -0.15) is 0 Å². The Morgan fingerprint density at radius 1 is 0.917 bits per heavy atom. The molecule has 0 fully saturated rings. The van der Waals surface area contributed by atoms with Crippen LogP contribution in [-0.2, 0) is 0 Å². The smallest absolute Gasteiger partial charge is 0.0238 e. The zero-order valence-electron chi connectivity index (χ0n) is 6.83. The van der Waals surface area contributed by atoms with Crippen LogP contribution in [0.5, 0.6) is 0 Å². The Morgan fingerprint density at radius 3 is 1.92 bits per heavy atom. The van der Waals surface area contributed by atoms with Gasteiger partial charge in [0.25, 0.3) is 0 Å². The second-order valence-corrected chi connectivity index (χ2v) is 3.54. The fourth-order valence-electron chi connectivity index (χ4n) is 2.35. The average Bonchev–Trinajstić information content (AvgIpc) is 2.61. The lowest BCUT2D eigenvalue weighted by atomic mass is 9.97. The number of benzene rings is 1. The maximum absolute atomic E-state index is 4.13. The second-order valence-electron chi connectivity index (χ2n) is 3.54. The van der Waals surface area contributed by atoms with Crippen LogP contribution in [0.25, 0.3) is 0 Å². The lowest BCUT2D eigenvalue weighted by molar-refractivity contribution is 1.05. The van der Waals surface area contributed by atoms with Crippen LogP contribution in [0.15, 0.2) is 48.6 Å². The summed E-state index contributed by atoms with van der Waals surface area (Å²) in [6.07, 6.45) is 4.55. The van der Waals surface area contributed by atoms with E-state index in [1.54, 1.807) is 0 Å². The number of hydrogen-bond acceptors (Lipinski definition) is 0. The molecule has 2 atom stereocenters. The zero-order valence-corrected chi connectivity index (χ0v) is 6.83. The summed E-state index contributed by atoms with van der Waals surface area (Å²) in [5.74, 6) is 1.04. The molecule has 58 valence electrons. The molecule has 2 aliphatic carbocycles. The van der Waals surface area contributed by atoms with Crippen LogP contribution >= 0.6 is 0 Å². The first-order valence-electron chi connectivity index (χ1n) is 4.34. The minimum Gasteiger partial charge on any atom is -0.0980 e. The van der Waals surface area contributed by atoms with E-state index in [0.717, 1.165) is 0 Å².